The smallest absolute Gasteiger partial charge is 0.405 e. The van der Waals surface area contributed by atoms with Gasteiger partial charge in [0, 0.05) is 17.1 Å². The minimum Gasteiger partial charge on any atom is -0.476 e. The number of ether oxygens (including phenoxy) is 1. The van der Waals surface area contributed by atoms with Gasteiger partial charge >= 0.3 is 12.2 Å². The van der Waals surface area contributed by atoms with E-state index in [-0.39, 0.29) is 23.7 Å². The van der Waals surface area contributed by atoms with E-state index in [2.05, 4.69) is 20.9 Å². The molecule has 2 atom stereocenters. The van der Waals surface area contributed by atoms with Crippen LogP contribution in [0.3, 0.4) is 0 Å². The summed E-state index contributed by atoms with van der Waals surface area (Å²) in [7, 11) is 0. The fourth-order valence-corrected chi connectivity index (χ4v) is 4.43. The summed E-state index contributed by atoms with van der Waals surface area (Å²) in [5.41, 5.74) is -0.923. The van der Waals surface area contributed by atoms with Crippen LogP contribution >= 0.6 is 23.2 Å². The summed E-state index contributed by atoms with van der Waals surface area (Å²) < 4.78 is 42.6. The van der Waals surface area contributed by atoms with Crippen molar-refractivity contribution >= 4 is 46.6 Å². The van der Waals surface area contributed by atoms with E-state index in [1.807, 2.05) is 0 Å². The van der Waals surface area contributed by atoms with E-state index in [4.69, 9.17) is 27.9 Å². The summed E-state index contributed by atoms with van der Waals surface area (Å²) in [5, 5.41) is 11.3. The second-order valence-electron chi connectivity index (χ2n) is 9.57. The molecule has 1 heterocycles. The van der Waals surface area contributed by atoms with Crippen molar-refractivity contribution in [3.05, 3.63) is 46.6 Å². The second kappa shape index (κ2) is 12.8. The zero-order valence-corrected chi connectivity index (χ0v) is 22.4. The van der Waals surface area contributed by atoms with Gasteiger partial charge in [-0.3, -0.25) is 4.79 Å². The van der Waals surface area contributed by atoms with E-state index < -0.39 is 24.4 Å². The number of benzene rings is 1. The number of nitrogens with one attached hydrogen (secondary N) is 4. The molecule has 1 aliphatic carbocycles. The van der Waals surface area contributed by atoms with Crippen molar-refractivity contribution in [3.8, 4) is 5.75 Å². The first-order valence-corrected chi connectivity index (χ1v) is 12.9. The molecule has 0 saturated heterocycles. The van der Waals surface area contributed by atoms with Crippen LogP contribution in [0.4, 0.5) is 29.5 Å². The maximum absolute atomic E-state index is 13.1. The summed E-state index contributed by atoms with van der Waals surface area (Å²) in [6, 6.07) is 6.94. The highest BCUT2D eigenvalue weighted by Gasteiger charge is 2.33. The molecule has 0 spiro atoms. The van der Waals surface area contributed by atoms with Crippen molar-refractivity contribution < 1.29 is 27.5 Å². The van der Waals surface area contributed by atoms with Crippen LogP contribution in [0.2, 0.25) is 10.0 Å². The number of amides is 3. The number of anilines is 2. The molecule has 1 fully saturated rings. The van der Waals surface area contributed by atoms with Gasteiger partial charge in [-0.1, -0.05) is 36.0 Å². The minimum absolute atomic E-state index is 0.0268. The fraction of sp³-hybridized carbons (Fsp3) is 0.480. The van der Waals surface area contributed by atoms with Crippen molar-refractivity contribution in [2.75, 3.05) is 17.2 Å². The average molecular weight is 576 g/mol. The first-order chi connectivity index (χ1) is 17.8. The van der Waals surface area contributed by atoms with Crippen LogP contribution in [0.5, 0.6) is 5.75 Å². The highest BCUT2D eigenvalue weighted by molar-refractivity contribution is 6.35. The largest absolute Gasteiger partial charge is 0.476 e. The van der Waals surface area contributed by atoms with Gasteiger partial charge in [0.15, 0.2) is 5.60 Å². The number of hydrogen-bond donors (Lipinski definition) is 4. The number of halogens is 5. The van der Waals surface area contributed by atoms with Crippen molar-refractivity contribution in [2.24, 2.45) is 0 Å². The molecular weight excluding hydrogens is 546 g/mol. The number of carbonyl (C=O) groups excluding carboxylic acids is 2. The minimum atomic E-state index is -4.49. The third-order valence-corrected chi connectivity index (χ3v) is 6.42. The van der Waals surface area contributed by atoms with Gasteiger partial charge in [-0.15, -0.1) is 0 Å². The third kappa shape index (κ3) is 9.43. The molecule has 13 heteroatoms. The highest BCUT2D eigenvalue weighted by atomic mass is 35.5. The van der Waals surface area contributed by atoms with Crippen LogP contribution in [0, 0.1) is 0 Å². The Morgan fingerprint density at radius 3 is 2.42 bits per heavy atom. The maximum atomic E-state index is 13.1. The number of rotatable bonds is 8. The molecule has 3 amide bonds. The predicted molar refractivity (Wildman–Crippen MR) is 141 cm³/mol. The Kier molecular flexibility index (Phi) is 9.94. The Balaban J connectivity index is 1.53. The van der Waals surface area contributed by atoms with Gasteiger partial charge in [-0.05, 0) is 63.4 Å². The zero-order chi connectivity index (χ0) is 27.9. The van der Waals surface area contributed by atoms with Gasteiger partial charge in [0.2, 0.25) is 0 Å². The standard InChI is InChI=1S/C25H30Cl2F3N5O3/c1-24(2,38-20-9-7-15(26)11-19(20)27)22(36)34-17-6-4-3-5-16(12-17)33-21-10-8-18(13-31-21)35-23(37)32-14-25(28,29)30/h7-11,13,16-17H,3-6,12,14H2,1-2H3,(H,31,33)(H,34,36)(H2,32,35,37). The van der Waals surface area contributed by atoms with Gasteiger partial charge in [0.1, 0.15) is 18.1 Å². The van der Waals surface area contributed by atoms with E-state index in [9.17, 15) is 22.8 Å². The Morgan fingerprint density at radius 1 is 1.08 bits per heavy atom. The molecule has 1 aliphatic rings. The van der Waals surface area contributed by atoms with Gasteiger partial charge in [0.25, 0.3) is 5.91 Å². The van der Waals surface area contributed by atoms with Gasteiger partial charge in [-0.2, -0.15) is 13.2 Å². The molecule has 0 radical (unpaired) electrons. The van der Waals surface area contributed by atoms with Crippen LogP contribution in [0.15, 0.2) is 36.5 Å². The monoisotopic (exact) mass is 575 g/mol. The molecular formula is C25H30Cl2F3N5O3. The number of aromatic nitrogens is 1. The number of nitrogens with zero attached hydrogens (tertiary/aromatic N) is 1. The summed E-state index contributed by atoms with van der Waals surface area (Å²) in [5.74, 6) is 0.634. The lowest BCUT2D eigenvalue weighted by molar-refractivity contribution is -0.135. The molecule has 0 bridgehead atoms. The first-order valence-electron chi connectivity index (χ1n) is 12.1. The van der Waals surface area contributed by atoms with Crippen LogP contribution in [-0.2, 0) is 4.79 Å². The van der Waals surface area contributed by atoms with Crippen molar-refractivity contribution in [2.45, 2.75) is 69.8 Å². The molecule has 1 saturated carbocycles. The van der Waals surface area contributed by atoms with Crippen LogP contribution in [0.25, 0.3) is 0 Å². The molecule has 2 unspecified atom stereocenters. The zero-order valence-electron chi connectivity index (χ0n) is 20.9. The quantitative estimate of drug-likeness (QED) is 0.282. The Hall–Kier alpha value is -2.92. The molecule has 2 aromatic rings. The van der Waals surface area contributed by atoms with Crippen LogP contribution in [-0.4, -0.2) is 47.3 Å². The Bertz CT molecular complexity index is 1120. The van der Waals surface area contributed by atoms with Crippen molar-refractivity contribution in [3.63, 3.8) is 0 Å². The Labute approximate surface area is 229 Å². The summed E-state index contributed by atoms with van der Waals surface area (Å²) in [4.78, 5) is 28.9. The highest BCUT2D eigenvalue weighted by Crippen LogP contribution is 2.31. The van der Waals surface area contributed by atoms with E-state index in [1.165, 1.54) is 6.20 Å². The van der Waals surface area contributed by atoms with E-state index in [1.54, 1.807) is 49.5 Å². The molecule has 4 N–H and O–H groups in total. The summed E-state index contributed by atoms with van der Waals surface area (Å²) in [6.07, 6.45) is 1.10. The van der Waals surface area contributed by atoms with Crippen molar-refractivity contribution in [1.29, 1.82) is 0 Å². The number of alkyl halides is 3. The van der Waals surface area contributed by atoms with Gasteiger partial charge < -0.3 is 26.0 Å². The van der Waals surface area contributed by atoms with E-state index in [0.29, 0.717) is 28.0 Å². The average Bonchev–Trinajstić information content (AvgIpc) is 3.05. The van der Waals surface area contributed by atoms with Crippen molar-refractivity contribution in [1.82, 2.24) is 15.6 Å². The third-order valence-electron chi connectivity index (χ3n) is 5.89. The number of pyridine rings is 1. The Morgan fingerprint density at radius 2 is 1.79 bits per heavy atom. The topological polar surface area (TPSA) is 104 Å². The second-order valence-corrected chi connectivity index (χ2v) is 10.4. The lowest BCUT2D eigenvalue weighted by Gasteiger charge is -2.29. The van der Waals surface area contributed by atoms with Gasteiger partial charge in [0.05, 0.1) is 16.9 Å². The normalized spacial score (nSPS) is 18.2. The number of hydrogen-bond acceptors (Lipinski definition) is 5. The first kappa shape index (κ1) is 29.6. The molecule has 38 heavy (non-hydrogen) atoms. The summed E-state index contributed by atoms with van der Waals surface area (Å²) in [6.45, 7) is 1.91. The number of urea groups is 1. The lowest BCUT2D eigenvalue weighted by Crippen LogP contribution is -2.50. The van der Waals surface area contributed by atoms with E-state index in [0.717, 1.165) is 25.7 Å². The molecule has 0 aliphatic heterocycles. The van der Waals surface area contributed by atoms with Crippen LogP contribution < -0.4 is 26.0 Å². The van der Waals surface area contributed by atoms with E-state index >= 15 is 0 Å². The van der Waals surface area contributed by atoms with Gasteiger partial charge in [-0.25, -0.2) is 9.78 Å². The summed E-state index contributed by atoms with van der Waals surface area (Å²) >= 11 is 12.1. The lowest BCUT2D eigenvalue weighted by atomic mass is 10.0. The maximum Gasteiger partial charge on any atom is 0.405 e. The SMILES string of the molecule is CC(C)(Oc1ccc(Cl)cc1Cl)C(=O)NC1CCCCC(Nc2ccc(NC(=O)NCC(F)(F)F)cn2)C1. The molecule has 1 aromatic heterocycles. The number of carbonyl (C=O) groups is 2. The molecule has 1 aromatic carbocycles. The predicted octanol–water partition coefficient (Wildman–Crippen LogP) is 6.16. The van der Waals surface area contributed by atoms with Crippen LogP contribution in [0.1, 0.15) is 46.0 Å². The molecule has 208 valence electrons. The molecule has 8 nitrogen and oxygen atoms in total. The molecule has 3 rings (SSSR count). The fourth-order valence-electron chi connectivity index (χ4n) is 3.98.